The maximum Gasteiger partial charge on any atom is 0.241 e. The Morgan fingerprint density at radius 3 is 2.82 bits per heavy atom. The summed E-state index contributed by atoms with van der Waals surface area (Å²) in [6.45, 7) is 8.50. The second-order valence-corrected chi connectivity index (χ2v) is 7.20. The number of pyridine rings is 1. The number of fused-ring (bicyclic) bond motifs is 1. The lowest BCUT2D eigenvalue weighted by molar-refractivity contribution is -0.126. The first-order valence-electron chi connectivity index (χ1n) is 7.62. The minimum Gasteiger partial charge on any atom is -0.351 e. The third-order valence-electron chi connectivity index (χ3n) is 3.89. The van der Waals surface area contributed by atoms with Gasteiger partial charge in [0.2, 0.25) is 11.8 Å². The smallest absolute Gasteiger partial charge is 0.241 e. The Labute approximate surface area is 135 Å². The first-order chi connectivity index (χ1) is 10.4. The molecule has 6 heteroatoms. The van der Waals surface area contributed by atoms with Crippen molar-refractivity contribution in [2.24, 2.45) is 0 Å². The van der Waals surface area contributed by atoms with Gasteiger partial charge in [0.15, 0.2) is 0 Å². The number of nitrogens with zero attached hydrogens (tertiary/aromatic N) is 2. The summed E-state index contributed by atoms with van der Waals surface area (Å²) in [5.41, 5.74) is 0.589. The molecule has 1 aromatic rings. The fraction of sp³-hybridized carbons (Fsp3) is 0.562. The molecular formula is C16H23N3O2S. The van der Waals surface area contributed by atoms with Gasteiger partial charge in [-0.25, -0.2) is 4.98 Å². The van der Waals surface area contributed by atoms with Crippen molar-refractivity contribution >= 4 is 29.3 Å². The van der Waals surface area contributed by atoms with Crippen LogP contribution in [0.25, 0.3) is 0 Å². The first kappa shape index (κ1) is 16.8. The number of anilines is 1. The van der Waals surface area contributed by atoms with E-state index in [1.165, 1.54) is 11.8 Å². The summed E-state index contributed by atoms with van der Waals surface area (Å²) < 4.78 is 0. The van der Waals surface area contributed by atoms with Crippen LogP contribution in [0.2, 0.25) is 0 Å². The molecule has 2 amide bonds. The Balaban J connectivity index is 2.13. The van der Waals surface area contributed by atoms with Gasteiger partial charge in [-0.1, -0.05) is 18.7 Å². The normalized spacial score (nSPS) is 18.1. The van der Waals surface area contributed by atoms with Gasteiger partial charge in [0.05, 0.1) is 10.9 Å². The van der Waals surface area contributed by atoms with Crippen LogP contribution >= 0.6 is 11.8 Å². The van der Waals surface area contributed by atoms with Crippen LogP contribution in [0.1, 0.15) is 40.5 Å². The maximum atomic E-state index is 12.6. The predicted octanol–water partition coefficient (Wildman–Crippen LogP) is 2.60. The number of carbonyl (C=O) groups excluding carboxylic acids is 2. The van der Waals surface area contributed by atoms with Gasteiger partial charge in [-0.3, -0.25) is 9.59 Å². The lowest BCUT2D eigenvalue weighted by Crippen LogP contribution is -2.47. The maximum absolute atomic E-state index is 12.6. The lowest BCUT2D eigenvalue weighted by Gasteiger charge is -2.32. The van der Waals surface area contributed by atoms with E-state index in [0.717, 1.165) is 17.1 Å². The van der Waals surface area contributed by atoms with E-state index in [1.54, 1.807) is 11.1 Å². The Morgan fingerprint density at radius 2 is 2.18 bits per heavy atom. The van der Waals surface area contributed by atoms with Crippen LogP contribution in [-0.4, -0.2) is 34.1 Å². The molecule has 22 heavy (non-hydrogen) atoms. The number of aromatic nitrogens is 1. The van der Waals surface area contributed by atoms with Crippen LogP contribution in [0.5, 0.6) is 0 Å². The third-order valence-corrected chi connectivity index (χ3v) is 5.08. The van der Waals surface area contributed by atoms with Crippen LogP contribution in [-0.2, 0) is 9.59 Å². The molecule has 1 atom stereocenters. The number of hydrogen-bond donors (Lipinski definition) is 1. The molecule has 5 nitrogen and oxygen atoms in total. The van der Waals surface area contributed by atoms with Crippen molar-refractivity contribution in [2.45, 2.75) is 56.4 Å². The quantitative estimate of drug-likeness (QED) is 0.905. The molecule has 120 valence electrons. The summed E-state index contributed by atoms with van der Waals surface area (Å²) in [7, 11) is 0. The van der Waals surface area contributed by atoms with Gasteiger partial charge in [-0.15, -0.1) is 0 Å². The molecule has 1 aliphatic rings. The lowest BCUT2D eigenvalue weighted by atomic mass is 10.0. The molecule has 0 fully saturated rings. The molecule has 0 aromatic carbocycles. The number of rotatable bonds is 5. The van der Waals surface area contributed by atoms with Gasteiger partial charge in [-0.2, -0.15) is 0 Å². The monoisotopic (exact) mass is 321 g/mol. The molecule has 1 aromatic heterocycles. The molecule has 2 rings (SSSR count). The highest BCUT2D eigenvalue weighted by Gasteiger charge is 2.35. The van der Waals surface area contributed by atoms with Crippen LogP contribution in [0, 0.1) is 0 Å². The van der Waals surface area contributed by atoms with E-state index in [1.807, 2.05) is 39.8 Å². The summed E-state index contributed by atoms with van der Waals surface area (Å²) in [5, 5.41) is 3.40. The molecule has 1 unspecified atom stereocenters. The van der Waals surface area contributed by atoms with Crippen molar-refractivity contribution in [1.82, 2.24) is 10.3 Å². The minimum atomic E-state index is -0.407. The molecule has 0 radical (unpaired) electrons. The van der Waals surface area contributed by atoms with E-state index in [9.17, 15) is 9.59 Å². The summed E-state index contributed by atoms with van der Waals surface area (Å²) in [6, 6.07) is 3.72. The zero-order valence-corrected chi connectivity index (χ0v) is 14.4. The van der Waals surface area contributed by atoms with Crippen molar-refractivity contribution < 1.29 is 9.59 Å². The number of amides is 2. The number of hydrogen-bond acceptors (Lipinski definition) is 4. The Morgan fingerprint density at radius 1 is 1.45 bits per heavy atom. The highest BCUT2D eigenvalue weighted by Crippen LogP contribution is 2.38. The largest absolute Gasteiger partial charge is 0.351 e. The van der Waals surface area contributed by atoms with Crippen molar-refractivity contribution in [3.63, 3.8) is 0 Å². The van der Waals surface area contributed by atoms with Gasteiger partial charge in [-0.05, 0) is 39.3 Å². The van der Waals surface area contributed by atoms with Crippen LogP contribution in [0.15, 0.2) is 23.4 Å². The molecule has 0 saturated heterocycles. The van der Waals surface area contributed by atoms with Crippen molar-refractivity contribution in [3.8, 4) is 0 Å². The highest BCUT2D eigenvalue weighted by atomic mass is 32.2. The Hall–Kier alpha value is -1.56. The molecule has 0 aliphatic carbocycles. The standard InChI is InChI=1S/C16H23N3O2S/c1-5-16(3,4)18-13(20)10-12-15(21)19(6-2)11-8-7-9-17-14(11)22-12/h7-9,12H,5-6,10H2,1-4H3,(H,18,20). The van der Waals surface area contributed by atoms with Gasteiger partial charge >= 0.3 is 0 Å². The third kappa shape index (κ3) is 3.61. The summed E-state index contributed by atoms with van der Waals surface area (Å²) in [5.74, 6) is -0.106. The predicted molar refractivity (Wildman–Crippen MR) is 89.0 cm³/mol. The number of carbonyl (C=O) groups is 2. The van der Waals surface area contributed by atoms with E-state index < -0.39 is 5.25 Å². The summed E-state index contributed by atoms with van der Waals surface area (Å²) >= 11 is 1.38. The molecule has 1 aliphatic heterocycles. The van der Waals surface area contributed by atoms with E-state index >= 15 is 0 Å². The van der Waals surface area contributed by atoms with Crippen molar-refractivity contribution in [2.75, 3.05) is 11.4 Å². The number of nitrogens with one attached hydrogen (secondary N) is 1. The minimum absolute atomic E-state index is 0.0162. The molecule has 2 heterocycles. The average Bonchev–Trinajstić information content (AvgIpc) is 2.47. The van der Waals surface area contributed by atoms with Gasteiger partial charge in [0.25, 0.3) is 0 Å². The van der Waals surface area contributed by atoms with Gasteiger partial charge in [0, 0.05) is 24.7 Å². The first-order valence-corrected chi connectivity index (χ1v) is 8.50. The van der Waals surface area contributed by atoms with Crippen LogP contribution < -0.4 is 10.2 Å². The molecule has 0 bridgehead atoms. The number of thioether (sulfide) groups is 1. The van der Waals surface area contributed by atoms with Gasteiger partial charge < -0.3 is 10.2 Å². The second kappa shape index (κ2) is 6.69. The Kier molecular flexibility index (Phi) is 5.11. The molecule has 0 spiro atoms. The highest BCUT2D eigenvalue weighted by molar-refractivity contribution is 8.00. The molecular weight excluding hydrogens is 298 g/mol. The molecule has 1 N–H and O–H groups in total. The van der Waals surface area contributed by atoms with E-state index in [2.05, 4.69) is 10.3 Å². The van der Waals surface area contributed by atoms with Gasteiger partial charge in [0.1, 0.15) is 5.03 Å². The van der Waals surface area contributed by atoms with Crippen LogP contribution in [0.3, 0.4) is 0 Å². The second-order valence-electron chi connectivity index (χ2n) is 6.01. The van der Waals surface area contributed by atoms with E-state index in [-0.39, 0.29) is 23.8 Å². The van der Waals surface area contributed by atoms with Crippen molar-refractivity contribution in [3.05, 3.63) is 18.3 Å². The zero-order chi connectivity index (χ0) is 16.3. The molecule has 0 saturated carbocycles. The topological polar surface area (TPSA) is 62.3 Å². The Bertz CT molecular complexity index is 574. The zero-order valence-electron chi connectivity index (χ0n) is 13.5. The van der Waals surface area contributed by atoms with E-state index in [0.29, 0.717) is 6.54 Å². The van der Waals surface area contributed by atoms with Crippen molar-refractivity contribution in [1.29, 1.82) is 0 Å². The fourth-order valence-corrected chi connectivity index (χ4v) is 3.45. The average molecular weight is 321 g/mol. The van der Waals surface area contributed by atoms with E-state index in [4.69, 9.17) is 0 Å². The summed E-state index contributed by atoms with van der Waals surface area (Å²) in [6.07, 6.45) is 2.74. The fourth-order valence-electron chi connectivity index (χ4n) is 2.30. The summed E-state index contributed by atoms with van der Waals surface area (Å²) in [4.78, 5) is 30.9. The SMILES string of the molecule is CCN1C(=O)C(CC(=O)NC(C)(C)CC)Sc2ncccc21. The van der Waals surface area contributed by atoms with Crippen LogP contribution in [0.4, 0.5) is 5.69 Å².